The summed E-state index contributed by atoms with van der Waals surface area (Å²) in [6.07, 6.45) is 2.75. The van der Waals surface area contributed by atoms with Crippen LogP contribution in [0.25, 0.3) is 11.0 Å². The number of pyridine rings is 1. The molecule has 4 rings (SSSR count). The Morgan fingerprint density at radius 3 is 2.43 bits per heavy atom. The number of rotatable bonds is 5. The van der Waals surface area contributed by atoms with Crippen molar-refractivity contribution in [2.45, 2.75) is 0 Å². The summed E-state index contributed by atoms with van der Waals surface area (Å²) in [6, 6.07) is 6.55. The summed E-state index contributed by atoms with van der Waals surface area (Å²) in [5.74, 6) is 0.395. The minimum Gasteiger partial charge on any atom is -0.348 e. The monoisotopic (exact) mass is 418 g/mol. The minimum absolute atomic E-state index is 0.0576. The fraction of sp³-hybridized carbons (Fsp3) is 0. The first kappa shape index (κ1) is 17.8. The van der Waals surface area contributed by atoms with Gasteiger partial charge in [-0.3, -0.25) is 10.1 Å². The molecule has 0 aliphatic heterocycles. The third-order valence-electron chi connectivity index (χ3n) is 3.64. The molecular formula is C15H8Cl2N8O3. The molecular weight excluding hydrogens is 411 g/mol. The van der Waals surface area contributed by atoms with Crippen LogP contribution in [0.15, 0.2) is 41.4 Å². The third-order valence-corrected chi connectivity index (χ3v) is 4.21. The summed E-state index contributed by atoms with van der Waals surface area (Å²) in [6.45, 7) is 0. The smallest absolute Gasteiger partial charge is 0.324 e. The van der Waals surface area contributed by atoms with E-state index in [1.807, 2.05) is 0 Å². The first-order valence-electron chi connectivity index (χ1n) is 7.59. The maximum absolute atomic E-state index is 11.7. The number of benzene rings is 1. The predicted molar refractivity (Wildman–Crippen MR) is 101 cm³/mol. The standard InChI is InChI=1S/C15H8Cl2N8O3/c16-14-12(15(17)20-6-19-14)22-7-5-8(21-9-3-1-2-4-18-9)13(25(26)27)11-10(7)23-28-24-11/h1-6,22H,(H,18,21). The lowest BCUT2D eigenvalue weighted by Gasteiger charge is -2.12. The van der Waals surface area contributed by atoms with E-state index in [9.17, 15) is 10.1 Å². The van der Waals surface area contributed by atoms with Gasteiger partial charge in [0.05, 0.1) is 10.6 Å². The van der Waals surface area contributed by atoms with Crippen LogP contribution in [0, 0.1) is 10.1 Å². The molecule has 0 spiro atoms. The van der Waals surface area contributed by atoms with Crippen molar-refractivity contribution >= 4 is 62.8 Å². The molecule has 13 heteroatoms. The molecule has 0 saturated carbocycles. The van der Waals surface area contributed by atoms with Gasteiger partial charge in [-0.15, -0.1) is 0 Å². The summed E-state index contributed by atoms with van der Waals surface area (Å²) in [7, 11) is 0. The van der Waals surface area contributed by atoms with Crippen molar-refractivity contribution in [1.29, 1.82) is 0 Å². The summed E-state index contributed by atoms with van der Waals surface area (Å²) < 4.78 is 4.71. The van der Waals surface area contributed by atoms with Crippen molar-refractivity contribution in [3.05, 3.63) is 57.2 Å². The molecule has 0 saturated heterocycles. The van der Waals surface area contributed by atoms with Crippen LogP contribution in [0.5, 0.6) is 0 Å². The van der Waals surface area contributed by atoms with Crippen LogP contribution in [0.2, 0.25) is 10.3 Å². The highest BCUT2D eigenvalue weighted by Crippen LogP contribution is 2.40. The van der Waals surface area contributed by atoms with E-state index in [0.29, 0.717) is 11.5 Å². The normalized spacial score (nSPS) is 10.8. The van der Waals surface area contributed by atoms with Crippen molar-refractivity contribution in [3.63, 3.8) is 0 Å². The number of nitrogens with zero attached hydrogens (tertiary/aromatic N) is 6. The molecule has 28 heavy (non-hydrogen) atoms. The molecule has 0 aliphatic rings. The van der Waals surface area contributed by atoms with E-state index >= 15 is 0 Å². The predicted octanol–water partition coefficient (Wildman–Crippen LogP) is 4.11. The van der Waals surface area contributed by atoms with E-state index in [-0.39, 0.29) is 38.4 Å². The Kier molecular flexibility index (Phi) is 4.59. The SMILES string of the molecule is O=[N+]([O-])c1c(Nc2ccccn2)cc(Nc2c(Cl)ncnc2Cl)c2nonc12. The summed E-state index contributed by atoms with van der Waals surface area (Å²) >= 11 is 12.1. The quantitative estimate of drug-likeness (QED) is 0.275. The van der Waals surface area contributed by atoms with Crippen LogP contribution < -0.4 is 10.6 Å². The number of aromatic nitrogens is 5. The molecule has 11 nitrogen and oxygen atoms in total. The molecule has 1 aromatic carbocycles. The number of nitro benzene ring substituents is 1. The van der Waals surface area contributed by atoms with Crippen LogP contribution in [-0.4, -0.2) is 30.2 Å². The van der Waals surface area contributed by atoms with Crippen molar-refractivity contribution in [3.8, 4) is 0 Å². The second-order valence-corrected chi connectivity index (χ2v) is 6.05. The van der Waals surface area contributed by atoms with Crippen LogP contribution in [-0.2, 0) is 0 Å². The molecule has 0 fully saturated rings. The van der Waals surface area contributed by atoms with Gasteiger partial charge in [0.15, 0.2) is 15.8 Å². The number of nitro groups is 1. The molecule has 3 heterocycles. The molecule has 2 N–H and O–H groups in total. The second kappa shape index (κ2) is 7.21. The van der Waals surface area contributed by atoms with Gasteiger partial charge < -0.3 is 10.6 Å². The van der Waals surface area contributed by atoms with E-state index < -0.39 is 4.92 Å². The lowest BCUT2D eigenvalue weighted by Crippen LogP contribution is -2.02. The van der Waals surface area contributed by atoms with Gasteiger partial charge in [-0.1, -0.05) is 29.3 Å². The fourth-order valence-corrected chi connectivity index (χ4v) is 2.87. The Hall–Kier alpha value is -3.57. The van der Waals surface area contributed by atoms with Crippen LogP contribution in [0.4, 0.5) is 28.6 Å². The Morgan fingerprint density at radius 1 is 1.00 bits per heavy atom. The molecule has 0 radical (unpaired) electrons. The van der Waals surface area contributed by atoms with Gasteiger partial charge in [-0.25, -0.2) is 19.6 Å². The Balaban J connectivity index is 1.88. The van der Waals surface area contributed by atoms with Gasteiger partial charge in [0, 0.05) is 6.20 Å². The van der Waals surface area contributed by atoms with Crippen LogP contribution >= 0.6 is 23.2 Å². The maximum Gasteiger partial charge on any atom is 0.324 e. The van der Waals surface area contributed by atoms with Crippen molar-refractivity contribution in [1.82, 2.24) is 25.3 Å². The van der Waals surface area contributed by atoms with Gasteiger partial charge in [-0.05, 0) is 28.5 Å². The molecule has 0 atom stereocenters. The van der Waals surface area contributed by atoms with Gasteiger partial charge in [0.25, 0.3) is 0 Å². The van der Waals surface area contributed by atoms with Crippen LogP contribution in [0.1, 0.15) is 0 Å². The Morgan fingerprint density at radius 2 is 1.75 bits per heavy atom. The lowest BCUT2D eigenvalue weighted by molar-refractivity contribution is -0.382. The van der Waals surface area contributed by atoms with Gasteiger partial charge in [0.2, 0.25) is 5.52 Å². The largest absolute Gasteiger partial charge is 0.348 e. The number of anilines is 4. The third kappa shape index (κ3) is 3.23. The number of hydrogen-bond donors (Lipinski definition) is 2. The highest BCUT2D eigenvalue weighted by molar-refractivity contribution is 6.37. The molecule has 4 aromatic rings. The number of hydrogen-bond acceptors (Lipinski definition) is 10. The average molecular weight is 419 g/mol. The number of halogens is 2. The Labute approximate surface area is 165 Å². The lowest BCUT2D eigenvalue weighted by atomic mass is 10.2. The van der Waals surface area contributed by atoms with E-state index in [4.69, 9.17) is 27.8 Å². The van der Waals surface area contributed by atoms with E-state index in [2.05, 4.69) is 35.9 Å². The second-order valence-electron chi connectivity index (χ2n) is 5.33. The summed E-state index contributed by atoms with van der Waals surface area (Å²) in [5.41, 5.74) is 0.311. The molecule has 0 unspecified atom stereocenters. The zero-order valence-corrected chi connectivity index (χ0v) is 15.1. The van der Waals surface area contributed by atoms with E-state index in [1.165, 1.54) is 12.4 Å². The van der Waals surface area contributed by atoms with Crippen molar-refractivity contribution in [2.75, 3.05) is 10.6 Å². The summed E-state index contributed by atoms with van der Waals surface area (Å²) in [5, 5.41) is 25.0. The fourth-order valence-electron chi connectivity index (χ4n) is 2.46. The average Bonchev–Trinajstić information content (AvgIpc) is 3.15. The highest BCUT2D eigenvalue weighted by Gasteiger charge is 2.27. The van der Waals surface area contributed by atoms with Gasteiger partial charge in [0.1, 0.15) is 23.5 Å². The topological polar surface area (TPSA) is 145 Å². The Bertz CT molecular complexity index is 1160. The molecule has 140 valence electrons. The van der Waals surface area contributed by atoms with Crippen molar-refractivity contribution in [2.24, 2.45) is 0 Å². The van der Waals surface area contributed by atoms with Gasteiger partial charge >= 0.3 is 5.69 Å². The zero-order chi connectivity index (χ0) is 19.7. The van der Waals surface area contributed by atoms with Crippen LogP contribution in [0.3, 0.4) is 0 Å². The van der Waals surface area contributed by atoms with E-state index in [1.54, 1.807) is 24.4 Å². The summed E-state index contributed by atoms with van der Waals surface area (Å²) in [4.78, 5) is 22.9. The molecule has 0 amide bonds. The zero-order valence-electron chi connectivity index (χ0n) is 13.6. The minimum atomic E-state index is -0.590. The van der Waals surface area contributed by atoms with Crippen molar-refractivity contribution < 1.29 is 9.55 Å². The highest BCUT2D eigenvalue weighted by atomic mass is 35.5. The number of fused-ring (bicyclic) bond motifs is 1. The van der Waals surface area contributed by atoms with Gasteiger partial charge in [-0.2, -0.15) is 0 Å². The molecule has 0 aliphatic carbocycles. The van der Waals surface area contributed by atoms with E-state index in [0.717, 1.165) is 0 Å². The molecule has 0 bridgehead atoms. The maximum atomic E-state index is 11.7. The first-order valence-corrected chi connectivity index (χ1v) is 8.35. The first-order chi connectivity index (χ1) is 13.5. The molecule has 3 aromatic heterocycles. The number of nitrogens with one attached hydrogen (secondary N) is 2.